The van der Waals surface area contributed by atoms with Gasteiger partial charge in [-0.2, -0.15) is 0 Å². The Hall–Kier alpha value is -2.41. The van der Waals surface area contributed by atoms with Gasteiger partial charge in [0.2, 0.25) is 11.9 Å². The van der Waals surface area contributed by atoms with Gasteiger partial charge in [-0.15, -0.1) is 0 Å². The summed E-state index contributed by atoms with van der Waals surface area (Å²) in [4.78, 5) is 32.8. The van der Waals surface area contributed by atoms with Crippen LogP contribution in [0, 0.1) is 0 Å². The van der Waals surface area contributed by atoms with Crippen LogP contribution >= 0.6 is 0 Å². The van der Waals surface area contributed by atoms with Gasteiger partial charge in [-0.1, -0.05) is 0 Å². The molecule has 0 amide bonds. The van der Waals surface area contributed by atoms with Gasteiger partial charge in [-0.05, 0) is 0 Å². The molecule has 0 aromatic carbocycles. The minimum absolute atomic E-state index is 1.26. The van der Waals surface area contributed by atoms with Gasteiger partial charge in [0.25, 0.3) is 5.79 Å². The predicted octanol–water partition coefficient (Wildman–Crippen LogP) is -3.73. The monoisotopic (exact) mass is 324 g/mol. The summed E-state index contributed by atoms with van der Waals surface area (Å²) in [6.45, 7) is -1.47. The highest BCUT2D eigenvalue weighted by molar-refractivity contribution is 5.89. The van der Waals surface area contributed by atoms with Crippen LogP contribution in [0.1, 0.15) is 0 Å². The average Bonchev–Trinajstić information content (AvgIpc) is 2.73. The number of ether oxygens (including phenoxy) is 2. The highest BCUT2D eigenvalue weighted by Gasteiger charge is 2.53. The van der Waals surface area contributed by atoms with Crippen molar-refractivity contribution in [2.75, 3.05) is 6.61 Å². The van der Waals surface area contributed by atoms with Crippen molar-refractivity contribution in [3.63, 3.8) is 0 Å². The smallest absolute Gasteiger partial charge is 0.378 e. The molecular weight excluding hydrogens is 312 g/mol. The number of hydrogen-bond donors (Lipinski definition) is 7. The van der Waals surface area contributed by atoms with Crippen LogP contribution in [0.2, 0.25) is 0 Å². The second-order valence-corrected chi connectivity index (χ2v) is 4.17. The van der Waals surface area contributed by atoms with Gasteiger partial charge >= 0.3 is 17.9 Å². The number of carbonyl (C=O) groups excluding carboxylic acids is 2. The van der Waals surface area contributed by atoms with E-state index in [1.165, 1.54) is 0 Å². The first-order valence-corrected chi connectivity index (χ1v) is 5.53. The van der Waals surface area contributed by atoms with Crippen molar-refractivity contribution in [1.29, 1.82) is 0 Å². The van der Waals surface area contributed by atoms with Crippen LogP contribution in [0.5, 0.6) is 0 Å². The predicted molar refractivity (Wildman–Crippen MR) is 59.9 cm³/mol. The first-order chi connectivity index (χ1) is 10.0. The second-order valence-electron chi connectivity index (χ2n) is 4.17. The standard InChI is InChI=1S/C10H12O12/c11-1-10(20,6-2(12)4(14)8(18)21-6)22-9(19)5(15)3(13)7(16)17/h3,5-6,11-15,20H,1H2,(H,16,17)/t3?,5?,6-,10+/m0/s1. The second kappa shape index (κ2) is 6.15. The van der Waals surface area contributed by atoms with E-state index in [9.17, 15) is 29.7 Å². The molecule has 0 bridgehead atoms. The van der Waals surface area contributed by atoms with E-state index in [4.69, 9.17) is 20.4 Å². The van der Waals surface area contributed by atoms with Gasteiger partial charge in [0.15, 0.2) is 18.0 Å². The maximum atomic E-state index is 11.4. The highest BCUT2D eigenvalue weighted by Crippen LogP contribution is 2.29. The van der Waals surface area contributed by atoms with Crippen molar-refractivity contribution >= 4 is 17.9 Å². The van der Waals surface area contributed by atoms with Crippen LogP contribution in [-0.4, -0.2) is 84.4 Å². The molecule has 4 atom stereocenters. The van der Waals surface area contributed by atoms with E-state index >= 15 is 0 Å². The quantitative estimate of drug-likeness (QED) is 0.185. The van der Waals surface area contributed by atoms with Crippen LogP contribution in [-0.2, 0) is 23.9 Å². The Labute approximate surface area is 121 Å². The minimum Gasteiger partial charge on any atom is -0.505 e. The molecular formula is C10H12O12. The molecule has 1 heterocycles. The number of carbonyl (C=O) groups is 3. The van der Waals surface area contributed by atoms with Gasteiger partial charge in [0, 0.05) is 0 Å². The number of cyclic esters (lactones) is 1. The van der Waals surface area contributed by atoms with Crippen molar-refractivity contribution in [3.8, 4) is 0 Å². The summed E-state index contributed by atoms with van der Waals surface area (Å²) < 4.78 is 8.45. The van der Waals surface area contributed by atoms with E-state index < -0.39 is 60.1 Å². The van der Waals surface area contributed by atoms with Gasteiger partial charge < -0.3 is 45.2 Å². The zero-order valence-corrected chi connectivity index (χ0v) is 10.6. The van der Waals surface area contributed by atoms with Gasteiger partial charge in [0.1, 0.15) is 6.61 Å². The largest absolute Gasteiger partial charge is 0.505 e. The molecule has 0 radical (unpaired) electrons. The summed E-state index contributed by atoms with van der Waals surface area (Å²) >= 11 is 0. The van der Waals surface area contributed by atoms with E-state index in [-0.39, 0.29) is 0 Å². The Balaban J connectivity index is 2.95. The van der Waals surface area contributed by atoms with E-state index in [1.54, 1.807) is 0 Å². The number of hydrogen-bond acceptors (Lipinski definition) is 11. The number of carboxylic acids is 1. The first kappa shape index (κ1) is 17.6. The third-order valence-electron chi connectivity index (χ3n) is 2.62. The molecule has 0 aromatic heterocycles. The Kier molecular flexibility index (Phi) is 4.93. The zero-order chi connectivity index (χ0) is 17.2. The van der Waals surface area contributed by atoms with Crippen molar-refractivity contribution in [2.45, 2.75) is 24.1 Å². The normalized spacial score (nSPS) is 23.5. The number of rotatable bonds is 6. The number of carboxylic acid groups (broad SMARTS) is 1. The van der Waals surface area contributed by atoms with Crippen molar-refractivity contribution in [2.24, 2.45) is 0 Å². The molecule has 12 heteroatoms. The molecule has 1 aliphatic heterocycles. The van der Waals surface area contributed by atoms with Gasteiger partial charge in [-0.25, -0.2) is 14.4 Å². The lowest BCUT2D eigenvalue weighted by Gasteiger charge is -2.30. The summed E-state index contributed by atoms with van der Waals surface area (Å²) in [7, 11) is 0. The fourth-order valence-corrected chi connectivity index (χ4v) is 1.42. The van der Waals surface area contributed by atoms with Gasteiger partial charge in [0.05, 0.1) is 0 Å². The maximum absolute atomic E-state index is 11.4. The highest BCUT2D eigenvalue weighted by atomic mass is 16.7. The van der Waals surface area contributed by atoms with Crippen molar-refractivity contribution in [3.05, 3.63) is 11.5 Å². The van der Waals surface area contributed by atoms with E-state index in [2.05, 4.69) is 9.47 Å². The molecule has 0 spiro atoms. The fourth-order valence-electron chi connectivity index (χ4n) is 1.42. The van der Waals surface area contributed by atoms with Crippen LogP contribution < -0.4 is 0 Å². The lowest BCUT2D eigenvalue weighted by atomic mass is 10.1. The van der Waals surface area contributed by atoms with Crippen molar-refractivity contribution < 1.29 is 59.6 Å². The summed E-state index contributed by atoms with van der Waals surface area (Å²) in [5.41, 5.74) is 0. The molecule has 0 aromatic rings. The van der Waals surface area contributed by atoms with Crippen LogP contribution in [0.25, 0.3) is 0 Å². The van der Waals surface area contributed by atoms with Gasteiger partial charge in [-0.3, -0.25) is 0 Å². The average molecular weight is 324 g/mol. The van der Waals surface area contributed by atoms with Crippen LogP contribution in [0.3, 0.4) is 0 Å². The summed E-state index contributed by atoms with van der Waals surface area (Å²) in [5, 5.41) is 63.8. The SMILES string of the molecule is O=C1O[C@H]([C@@](O)(CO)OC(=O)C(O)C(O)C(=O)O)C(O)=C1O. The molecule has 12 nitrogen and oxygen atoms in total. The fraction of sp³-hybridized carbons (Fsp3) is 0.500. The molecule has 124 valence electrons. The number of esters is 2. The molecule has 0 saturated carbocycles. The van der Waals surface area contributed by atoms with Crippen molar-refractivity contribution in [1.82, 2.24) is 0 Å². The molecule has 1 aliphatic rings. The third-order valence-corrected chi connectivity index (χ3v) is 2.62. The van der Waals surface area contributed by atoms with Crippen LogP contribution in [0.4, 0.5) is 0 Å². The molecule has 22 heavy (non-hydrogen) atoms. The minimum atomic E-state index is -3.14. The summed E-state index contributed by atoms with van der Waals surface area (Å²) in [6.07, 6.45) is -7.46. The maximum Gasteiger partial charge on any atom is 0.378 e. The molecule has 0 fully saturated rings. The number of aliphatic carboxylic acids is 1. The van der Waals surface area contributed by atoms with Crippen LogP contribution in [0.15, 0.2) is 11.5 Å². The summed E-state index contributed by atoms with van der Waals surface area (Å²) in [6, 6.07) is 0. The Morgan fingerprint density at radius 2 is 1.82 bits per heavy atom. The van der Waals surface area contributed by atoms with E-state index in [0.29, 0.717) is 0 Å². The first-order valence-electron chi connectivity index (χ1n) is 5.53. The summed E-state index contributed by atoms with van der Waals surface area (Å²) in [5.74, 6) is -11.1. The molecule has 7 N–H and O–H groups in total. The Morgan fingerprint density at radius 3 is 2.18 bits per heavy atom. The molecule has 0 aliphatic carbocycles. The third kappa shape index (κ3) is 3.09. The molecule has 2 unspecified atom stereocenters. The Morgan fingerprint density at radius 1 is 1.27 bits per heavy atom. The Bertz CT molecular complexity index is 524. The van der Waals surface area contributed by atoms with E-state index in [1.807, 2.05) is 0 Å². The number of aliphatic hydroxyl groups excluding tert-OH is 5. The lowest BCUT2D eigenvalue weighted by molar-refractivity contribution is -0.265. The molecule has 0 saturated heterocycles. The van der Waals surface area contributed by atoms with E-state index in [0.717, 1.165) is 0 Å². The number of aliphatic hydroxyl groups is 6. The lowest BCUT2D eigenvalue weighted by Crippen LogP contribution is -2.53. The molecule has 1 rings (SSSR count). The zero-order valence-electron chi connectivity index (χ0n) is 10.6. The topological polar surface area (TPSA) is 211 Å².